The van der Waals surface area contributed by atoms with E-state index in [1.807, 2.05) is 18.2 Å². The molecule has 0 aromatic carbocycles. The molecule has 0 amide bonds. The molecular weight excluding hydrogens is 190 g/mol. The van der Waals surface area contributed by atoms with Crippen LogP contribution in [0.4, 0.5) is 0 Å². The summed E-state index contributed by atoms with van der Waals surface area (Å²) in [5, 5.41) is 0. The highest BCUT2D eigenvalue weighted by Crippen LogP contribution is 2.17. The SMILES string of the molecule is C#CC(Br)c1ccccn1. The number of alkyl halides is 1. The lowest BCUT2D eigenvalue weighted by molar-refractivity contribution is 1.12. The first-order valence-corrected chi connectivity index (χ1v) is 3.77. The third kappa shape index (κ3) is 1.58. The minimum Gasteiger partial charge on any atom is -0.259 e. The number of hydrogen-bond acceptors (Lipinski definition) is 1. The summed E-state index contributed by atoms with van der Waals surface area (Å²) < 4.78 is 0. The van der Waals surface area contributed by atoms with Gasteiger partial charge in [-0.05, 0) is 12.1 Å². The van der Waals surface area contributed by atoms with Gasteiger partial charge in [-0.2, -0.15) is 0 Å². The van der Waals surface area contributed by atoms with Crippen LogP contribution in [-0.4, -0.2) is 4.98 Å². The number of terminal acetylenes is 1. The summed E-state index contributed by atoms with van der Waals surface area (Å²) in [6.45, 7) is 0. The highest BCUT2D eigenvalue weighted by atomic mass is 79.9. The van der Waals surface area contributed by atoms with Crippen LogP contribution < -0.4 is 0 Å². The molecule has 0 spiro atoms. The molecule has 0 aliphatic carbocycles. The maximum Gasteiger partial charge on any atom is 0.117 e. The first kappa shape index (κ1) is 7.30. The van der Waals surface area contributed by atoms with E-state index in [1.54, 1.807) is 6.20 Å². The van der Waals surface area contributed by atoms with Crippen LogP contribution in [0, 0.1) is 12.3 Å². The van der Waals surface area contributed by atoms with Crippen molar-refractivity contribution in [3.8, 4) is 12.3 Å². The van der Waals surface area contributed by atoms with Crippen LogP contribution in [0.3, 0.4) is 0 Å². The Morgan fingerprint density at radius 3 is 2.90 bits per heavy atom. The van der Waals surface area contributed by atoms with Crippen molar-refractivity contribution in [2.75, 3.05) is 0 Å². The molecule has 0 fully saturated rings. The summed E-state index contributed by atoms with van der Waals surface area (Å²) in [5.41, 5.74) is 0.880. The van der Waals surface area contributed by atoms with Gasteiger partial charge in [0.1, 0.15) is 4.83 Å². The summed E-state index contributed by atoms with van der Waals surface area (Å²) in [4.78, 5) is 4.00. The maximum atomic E-state index is 5.17. The Hall–Kier alpha value is -0.810. The fraction of sp³-hybridized carbons (Fsp3) is 0.125. The van der Waals surface area contributed by atoms with Crippen molar-refractivity contribution < 1.29 is 0 Å². The zero-order valence-corrected chi connectivity index (χ0v) is 6.88. The van der Waals surface area contributed by atoms with Gasteiger partial charge in [-0.3, -0.25) is 4.98 Å². The molecule has 0 N–H and O–H groups in total. The summed E-state index contributed by atoms with van der Waals surface area (Å²) in [5.74, 6) is 2.54. The second-order valence-electron chi connectivity index (χ2n) is 1.78. The van der Waals surface area contributed by atoms with Crippen molar-refractivity contribution in [1.82, 2.24) is 4.98 Å². The minimum atomic E-state index is -0.0614. The summed E-state index contributed by atoms with van der Waals surface area (Å²) >= 11 is 3.29. The normalized spacial score (nSPS) is 12.0. The Morgan fingerprint density at radius 1 is 1.60 bits per heavy atom. The quantitative estimate of drug-likeness (QED) is 0.495. The monoisotopic (exact) mass is 195 g/mol. The minimum absolute atomic E-state index is 0.0614. The average Bonchev–Trinajstić information content (AvgIpc) is 2.05. The molecule has 0 radical (unpaired) electrons. The van der Waals surface area contributed by atoms with E-state index < -0.39 is 0 Å². The van der Waals surface area contributed by atoms with Crippen LogP contribution in [-0.2, 0) is 0 Å². The molecule has 0 bridgehead atoms. The standard InChI is InChI=1S/C8H6BrN/c1-2-7(9)8-5-3-4-6-10-8/h1,3-7H. The van der Waals surface area contributed by atoms with E-state index in [4.69, 9.17) is 6.42 Å². The molecule has 2 heteroatoms. The predicted molar refractivity (Wildman–Crippen MR) is 44.7 cm³/mol. The van der Waals surface area contributed by atoms with Crippen LogP contribution >= 0.6 is 15.9 Å². The molecule has 0 aliphatic heterocycles. The van der Waals surface area contributed by atoms with Gasteiger partial charge in [0.05, 0.1) is 5.69 Å². The molecule has 1 unspecified atom stereocenters. The van der Waals surface area contributed by atoms with E-state index in [0.29, 0.717) is 0 Å². The molecule has 0 aliphatic rings. The number of halogens is 1. The third-order valence-corrected chi connectivity index (χ3v) is 1.83. The molecular formula is C8H6BrN. The largest absolute Gasteiger partial charge is 0.259 e. The van der Waals surface area contributed by atoms with Gasteiger partial charge in [0.15, 0.2) is 0 Å². The second kappa shape index (κ2) is 3.38. The highest BCUT2D eigenvalue weighted by molar-refractivity contribution is 9.09. The number of aromatic nitrogens is 1. The van der Waals surface area contributed by atoms with E-state index in [-0.39, 0.29) is 4.83 Å². The van der Waals surface area contributed by atoms with Crippen molar-refractivity contribution >= 4 is 15.9 Å². The molecule has 1 atom stereocenters. The van der Waals surface area contributed by atoms with Crippen LogP contribution in [0.5, 0.6) is 0 Å². The van der Waals surface area contributed by atoms with Crippen molar-refractivity contribution in [1.29, 1.82) is 0 Å². The van der Waals surface area contributed by atoms with Gasteiger partial charge in [-0.1, -0.05) is 27.9 Å². The Morgan fingerprint density at radius 2 is 2.40 bits per heavy atom. The lowest BCUT2D eigenvalue weighted by atomic mass is 10.3. The Kier molecular flexibility index (Phi) is 2.47. The molecule has 1 rings (SSSR count). The molecule has 50 valence electrons. The Balaban J connectivity index is 2.88. The molecule has 1 aromatic heterocycles. The molecule has 1 heterocycles. The highest BCUT2D eigenvalue weighted by Gasteiger charge is 2.01. The fourth-order valence-electron chi connectivity index (χ4n) is 0.611. The summed E-state index contributed by atoms with van der Waals surface area (Å²) in [6, 6.07) is 5.66. The number of nitrogens with zero attached hydrogens (tertiary/aromatic N) is 1. The predicted octanol–water partition coefficient (Wildman–Crippen LogP) is 2.15. The van der Waals surface area contributed by atoms with Crippen molar-refractivity contribution in [2.24, 2.45) is 0 Å². The Bertz CT molecular complexity index is 237. The van der Waals surface area contributed by atoms with Crippen molar-refractivity contribution in [2.45, 2.75) is 4.83 Å². The van der Waals surface area contributed by atoms with Crippen LogP contribution in [0.15, 0.2) is 24.4 Å². The van der Waals surface area contributed by atoms with Crippen LogP contribution in [0.2, 0.25) is 0 Å². The van der Waals surface area contributed by atoms with Gasteiger partial charge in [-0.15, -0.1) is 6.42 Å². The zero-order chi connectivity index (χ0) is 7.40. The molecule has 10 heavy (non-hydrogen) atoms. The van der Waals surface area contributed by atoms with E-state index in [1.165, 1.54) is 0 Å². The van der Waals surface area contributed by atoms with Gasteiger partial charge in [0, 0.05) is 6.20 Å². The van der Waals surface area contributed by atoms with Gasteiger partial charge in [0.2, 0.25) is 0 Å². The smallest absolute Gasteiger partial charge is 0.117 e. The average molecular weight is 196 g/mol. The molecule has 1 aromatic rings. The molecule has 0 saturated heterocycles. The van der Waals surface area contributed by atoms with Gasteiger partial charge < -0.3 is 0 Å². The fourth-order valence-corrected chi connectivity index (χ4v) is 0.882. The van der Waals surface area contributed by atoms with Gasteiger partial charge >= 0.3 is 0 Å². The lowest BCUT2D eigenvalue weighted by Gasteiger charge is -1.98. The van der Waals surface area contributed by atoms with Crippen LogP contribution in [0.25, 0.3) is 0 Å². The summed E-state index contributed by atoms with van der Waals surface area (Å²) in [7, 11) is 0. The maximum absolute atomic E-state index is 5.17. The van der Waals surface area contributed by atoms with E-state index in [2.05, 4.69) is 26.8 Å². The van der Waals surface area contributed by atoms with E-state index in [0.717, 1.165) is 5.69 Å². The zero-order valence-electron chi connectivity index (χ0n) is 5.29. The number of hydrogen-bond donors (Lipinski definition) is 0. The second-order valence-corrected chi connectivity index (χ2v) is 2.70. The molecule has 0 saturated carbocycles. The number of pyridine rings is 1. The topological polar surface area (TPSA) is 12.9 Å². The van der Waals surface area contributed by atoms with Crippen LogP contribution in [0.1, 0.15) is 10.5 Å². The lowest BCUT2D eigenvalue weighted by Crippen LogP contribution is -1.87. The molecule has 1 nitrogen and oxygen atoms in total. The van der Waals surface area contributed by atoms with Gasteiger partial charge in [-0.25, -0.2) is 0 Å². The third-order valence-electron chi connectivity index (χ3n) is 1.09. The van der Waals surface area contributed by atoms with E-state index in [9.17, 15) is 0 Å². The first-order chi connectivity index (χ1) is 4.84. The van der Waals surface area contributed by atoms with Gasteiger partial charge in [0.25, 0.3) is 0 Å². The first-order valence-electron chi connectivity index (χ1n) is 2.85. The summed E-state index contributed by atoms with van der Waals surface area (Å²) in [6.07, 6.45) is 6.89. The van der Waals surface area contributed by atoms with Crippen molar-refractivity contribution in [3.05, 3.63) is 30.1 Å². The Labute approximate surface area is 68.6 Å². The number of rotatable bonds is 1. The van der Waals surface area contributed by atoms with E-state index >= 15 is 0 Å². The van der Waals surface area contributed by atoms with Crippen molar-refractivity contribution in [3.63, 3.8) is 0 Å².